The van der Waals surface area contributed by atoms with Crippen molar-refractivity contribution in [3.63, 3.8) is 0 Å². The predicted octanol–water partition coefficient (Wildman–Crippen LogP) is 5.31. The van der Waals surface area contributed by atoms with Gasteiger partial charge >= 0.3 is 0 Å². The van der Waals surface area contributed by atoms with Gasteiger partial charge < -0.3 is 5.11 Å². The van der Waals surface area contributed by atoms with E-state index >= 15 is 0 Å². The highest BCUT2D eigenvalue weighted by Gasteiger charge is 2.11. The lowest BCUT2D eigenvalue weighted by molar-refractivity contribution is 0.0975. The number of aldehydes is 1. The van der Waals surface area contributed by atoms with Gasteiger partial charge in [-0.2, -0.15) is 0 Å². The second kappa shape index (κ2) is 11.0. The van der Waals surface area contributed by atoms with Gasteiger partial charge in [-0.15, -0.1) is 0 Å². The minimum Gasteiger partial charge on any atom is -0.507 e. The van der Waals surface area contributed by atoms with Gasteiger partial charge in [0.05, 0.1) is 5.56 Å². The molecule has 0 radical (unpaired) electrons. The van der Waals surface area contributed by atoms with E-state index < -0.39 is 0 Å². The fourth-order valence-corrected chi connectivity index (χ4v) is 2.59. The lowest BCUT2D eigenvalue weighted by Crippen LogP contribution is -2.00. The molecule has 0 atom stereocenters. The number of unbranched alkanes of at least 4 members (excludes halogenated alkanes) is 8. The molecule has 0 unspecified atom stereocenters. The molecule has 0 aliphatic carbocycles. The van der Waals surface area contributed by atoms with Crippen molar-refractivity contribution in [2.24, 2.45) is 0 Å². The number of hydrogen-bond acceptors (Lipinski definition) is 3. The Labute approximate surface area is 133 Å². The number of carbonyl (C=O) groups excluding carboxylic acids is 2. The first-order chi connectivity index (χ1) is 10.7. The average Bonchev–Trinajstić information content (AvgIpc) is 2.52. The Balaban J connectivity index is 2.17. The van der Waals surface area contributed by atoms with Crippen molar-refractivity contribution >= 4 is 12.1 Å². The fraction of sp³-hybridized carbons (Fsp3) is 0.579. The molecule has 1 rings (SSSR count). The van der Waals surface area contributed by atoms with Gasteiger partial charge in [-0.25, -0.2) is 0 Å². The number of phenolic OH excluding ortho intramolecular Hbond substituents is 1. The topological polar surface area (TPSA) is 54.4 Å². The van der Waals surface area contributed by atoms with Crippen molar-refractivity contribution in [2.45, 2.75) is 71.1 Å². The third-order valence-electron chi connectivity index (χ3n) is 3.97. The van der Waals surface area contributed by atoms with Crippen LogP contribution in [0.5, 0.6) is 5.75 Å². The molecule has 3 heteroatoms. The average molecular weight is 304 g/mol. The van der Waals surface area contributed by atoms with Crippen LogP contribution in [0.15, 0.2) is 18.2 Å². The molecule has 0 aliphatic rings. The van der Waals surface area contributed by atoms with Gasteiger partial charge in [0, 0.05) is 12.0 Å². The molecule has 0 amide bonds. The molecular formula is C19H28O3. The second-order valence-corrected chi connectivity index (χ2v) is 5.90. The van der Waals surface area contributed by atoms with E-state index in [1.807, 2.05) is 0 Å². The summed E-state index contributed by atoms with van der Waals surface area (Å²) in [5, 5.41) is 9.76. The van der Waals surface area contributed by atoms with Gasteiger partial charge in [0.15, 0.2) is 5.78 Å². The molecule has 0 fully saturated rings. The van der Waals surface area contributed by atoms with E-state index in [9.17, 15) is 14.7 Å². The van der Waals surface area contributed by atoms with E-state index in [1.54, 1.807) is 6.07 Å². The maximum absolute atomic E-state index is 12.0. The summed E-state index contributed by atoms with van der Waals surface area (Å²) in [6.07, 6.45) is 12.0. The van der Waals surface area contributed by atoms with Crippen LogP contribution in [0.3, 0.4) is 0 Å². The molecule has 22 heavy (non-hydrogen) atoms. The molecule has 0 saturated carbocycles. The number of phenols is 1. The molecule has 0 aromatic heterocycles. The summed E-state index contributed by atoms with van der Waals surface area (Å²) < 4.78 is 0. The summed E-state index contributed by atoms with van der Waals surface area (Å²) in [6.45, 7) is 2.22. The Kier molecular flexibility index (Phi) is 9.20. The summed E-state index contributed by atoms with van der Waals surface area (Å²) >= 11 is 0. The van der Waals surface area contributed by atoms with Crippen molar-refractivity contribution in [2.75, 3.05) is 0 Å². The van der Waals surface area contributed by atoms with Crippen LogP contribution in [0.25, 0.3) is 0 Å². The number of carbonyl (C=O) groups is 2. The van der Waals surface area contributed by atoms with Crippen LogP contribution in [-0.2, 0) is 0 Å². The molecule has 122 valence electrons. The first-order valence-electron chi connectivity index (χ1n) is 8.50. The van der Waals surface area contributed by atoms with Gasteiger partial charge in [0.2, 0.25) is 0 Å². The first kappa shape index (κ1) is 18.4. The largest absolute Gasteiger partial charge is 0.507 e. The van der Waals surface area contributed by atoms with Crippen molar-refractivity contribution < 1.29 is 14.7 Å². The first-order valence-corrected chi connectivity index (χ1v) is 8.50. The number of hydrogen-bond donors (Lipinski definition) is 1. The van der Waals surface area contributed by atoms with E-state index in [0.29, 0.717) is 23.8 Å². The zero-order valence-corrected chi connectivity index (χ0v) is 13.6. The summed E-state index contributed by atoms with van der Waals surface area (Å²) in [6, 6.07) is 4.45. The van der Waals surface area contributed by atoms with Crippen LogP contribution in [0.1, 0.15) is 91.8 Å². The highest BCUT2D eigenvalue weighted by Crippen LogP contribution is 2.21. The number of aromatic hydroxyl groups is 1. The Morgan fingerprint density at radius 1 is 1.00 bits per heavy atom. The Bertz CT molecular complexity index is 466. The Morgan fingerprint density at radius 2 is 1.59 bits per heavy atom. The molecule has 0 saturated heterocycles. The molecule has 1 aromatic carbocycles. The summed E-state index contributed by atoms with van der Waals surface area (Å²) in [5.41, 5.74) is 0.710. The maximum Gasteiger partial charge on any atom is 0.166 e. The standard InChI is InChI=1S/C19H28O3/c1-2-3-4-5-6-7-8-9-10-11-18(21)17-13-12-16(15-20)14-19(17)22/h12-15,22H,2-11H2,1H3. The number of benzene rings is 1. The molecular weight excluding hydrogens is 276 g/mol. The summed E-state index contributed by atoms with van der Waals surface area (Å²) in [5.74, 6) is -0.136. The van der Waals surface area contributed by atoms with Crippen molar-refractivity contribution in [3.05, 3.63) is 29.3 Å². The third-order valence-corrected chi connectivity index (χ3v) is 3.97. The maximum atomic E-state index is 12.0. The minimum atomic E-state index is -0.0921. The quantitative estimate of drug-likeness (QED) is 0.323. The highest BCUT2D eigenvalue weighted by molar-refractivity contribution is 5.99. The van der Waals surface area contributed by atoms with E-state index in [0.717, 1.165) is 12.8 Å². The Hall–Kier alpha value is -1.64. The molecule has 1 aromatic rings. The smallest absolute Gasteiger partial charge is 0.166 e. The number of Topliss-reactive ketones (excluding diaryl/α,β-unsaturated/α-hetero) is 1. The van der Waals surface area contributed by atoms with Gasteiger partial charge in [0.1, 0.15) is 12.0 Å². The summed E-state index contributed by atoms with van der Waals surface area (Å²) in [4.78, 5) is 22.6. The Morgan fingerprint density at radius 3 is 2.14 bits per heavy atom. The fourth-order valence-electron chi connectivity index (χ4n) is 2.59. The van der Waals surface area contributed by atoms with Crippen molar-refractivity contribution in [1.82, 2.24) is 0 Å². The van der Waals surface area contributed by atoms with E-state index in [1.165, 1.54) is 57.1 Å². The molecule has 0 bridgehead atoms. The van der Waals surface area contributed by atoms with Gasteiger partial charge in [-0.05, 0) is 18.6 Å². The summed E-state index contributed by atoms with van der Waals surface area (Å²) in [7, 11) is 0. The van der Waals surface area contributed by atoms with Gasteiger partial charge in [-0.3, -0.25) is 9.59 Å². The zero-order valence-electron chi connectivity index (χ0n) is 13.6. The molecule has 0 spiro atoms. The van der Waals surface area contributed by atoms with E-state index in [4.69, 9.17) is 0 Å². The number of ketones is 1. The third kappa shape index (κ3) is 6.88. The molecule has 0 aliphatic heterocycles. The minimum absolute atomic E-state index is 0.0436. The van der Waals surface area contributed by atoms with Crippen LogP contribution in [-0.4, -0.2) is 17.2 Å². The van der Waals surface area contributed by atoms with Crippen molar-refractivity contribution in [3.8, 4) is 5.75 Å². The zero-order chi connectivity index (χ0) is 16.2. The molecule has 1 N–H and O–H groups in total. The molecule has 0 heterocycles. The van der Waals surface area contributed by atoms with Crippen LogP contribution >= 0.6 is 0 Å². The SMILES string of the molecule is CCCCCCCCCCCC(=O)c1ccc(C=O)cc1O. The number of rotatable bonds is 12. The second-order valence-electron chi connectivity index (χ2n) is 5.90. The molecule has 3 nitrogen and oxygen atoms in total. The van der Waals surface area contributed by atoms with Crippen LogP contribution < -0.4 is 0 Å². The van der Waals surface area contributed by atoms with Crippen LogP contribution in [0.4, 0.5) is 0 Å². The highest BCUT2D eigenvalue weighted by atomic mass is 16.3. The predicted molar refractivity (Wildman–Crippen MR) is 89.7 cm³/mol. The lowest BCUT2D eigenvalue weighted by Gasteiger charge is -2.05. The van der Waals surface area contributed by atoms with Gasteiger partial charge in [0.25, 0.3) is 0 Å². The van der Waals surface area contributed by atoms with Crippen LogP contribution in [0, 0.1) is 0 Å². The normalized spacial score (nSPS) is 10.6. The van der Waals surface area contributed by atoms with E-state index in [-0.39, 0.29) is 11.5 Å². The van der Waals surface area contributed by atoms with E-state index in [2.05, 4.69) is 6.92 Å². The van der Waals surface area contributed by atoms with Gasteiger partial charge in [-0.1, -0.05) is 64.4 Å². The van der Waals surface area contributed by atoms with Crippen LogP contribution in [0.2, 0.25) is 0 Å². The monoisotopic (exact) mass is 304 g/mol. The lowest BCUT2D eigenvalue weighted by atomic mass is 10.0. The van der Waals surface area contributed by atoms with Crippen molar-refractivity contribution in [1.29, 1.82) is 0 Å².